The molecule has 3 rings (SSSR count). The number of nitro groups is 1. The van der Waals surface area contributed by atoms with Crippen molar-refractivity contribution in [2.45, 2.75) is 18.7 Å². The SMILES string of the molecule is Cc1ccc(C2=NN[C@](C)(c3ccc([N+](=O)[O-])cc3)S2)cc1. The van der Waals surface area contributed by atoms with Crippen molar-refractivity contribution in [3.63, 3.8) is 0 Å². The normalized spacial score (nSPS) is 20.4. The van der Waals surface area contributed by atoms with Crippen LogP contribution in [0.15, 0.2) is 53.6 Å². The van der Waals surface area contributed by atoms with Gasteiger partial charge in [0.2, 0.25) is 0 Å². The topological polar surface area (TPSA) is 67.5 Å². The van der Waals surface area contributed by atoms with E-state index in [2.05, 4.69) is 22.7 Å². The summed E-state index contributed by atoms with van der Waals surface area (Å²) in [5.74, 6) is 0. The largest absolute Gasteiger partial charge is 0.288 e. The third-order valence-corrected chi connectivity index (χ3v) is 4.85. The van der Waals surface area contributed by atoms with Gasteiger partial charge in [-0.2, -0.15) is 5.10 Å². The number of hydrazone groups is 1. The molecule has 0 radical (unpaired) electrons. The van der Waals surface area contributed by atoms with Crippen molar-refractivity contribution in [3.05, 3.63) is 75.3 Å². The first-order valence-corrected chi connectivity index (χ1v) is 7.65. The molecule has 0 saturated heterocycles. The molecule has 2 aromatic rings. The smallest absolute Gasteiger partial charge is 0.269 e. The molecule has 22 heavy (non-hydrogen) atoms. The number of nitrogens with zero attached hydrogens (tertiary/aromatic N) is 2. The summed E-state index contributed by atoms with van der Waals surface area (Å²) in [7, 11) is 0. The van der Waals surface area contributed by atoms with E-state index >= 15 is 0 Å². The van der Waals surface area contributed by atoms with Gasteiger partial charge in [-0.25, -0.2) is 0 Å². The standard InChI is InChI=1S/C16H15N3O2S/c1-11-3-5-12(6-4-11)15-17-18-16(2,22-15)13-7-9-14(10-8-13)19(20)21/h3-10,18H,1-2H3/t16-/m0/s1. The van der Waals surface area contributed by atoms with Gasteiger partial charge in [-0.15, -0.1) is 0 Å². The maximum atomic E-state index is 10.7. The van der Waals surface area contributed by atoms with Crippen molar-refractivity contribution in [1.29, 1.82) is 0 Å². The molecule has 0 saturated carbocycles. The second-order valence-electron chi connectivity index (χ2n) is 5.33. The maximum absolute atomic E-state index is 10.7. The predicted octanol–water partition coefficient (Wildman–Crippen LogP) is 3.77. The number of rotatable bonds is 3. The molecule has 1 aliphatic rings. The Kier molecular flexibility index (Phi) is 3.62. The molecule has 1 aliphatic heterocycles. The summed E-state index contributed by atoms with van der Waals surface area (Å²) in [6, 6.07) is 14.8. The minimum atomic E-state index is -0.421. The van der Waals surface area contributed by atoms with Crippen LogP contribution in [0.4, 0.5) is 5.69 Å². The quantitative estimate of drug-likeness (QED) is 0.692. The van der Waals surface area contributed by atoms with Crippen LogP contribution < -0.4 is 5.43 Å². The third-order valence-electron chi connectivity index (χ3n) is 3.60. The number of non-ortho nitro benzene ring substituents is 1. The van der Waals surface area contributed by atoms with Crippen LogP contribution in [-0.2, 0) is 4.87 Å². The lowest BCUT2D eigenvalue weighted by Gasteiger charge is -2.23. The number of hydrogen-bond acceptors (Lipinski definition) is 5. The molecule has 1 heterocycles. The number of nitrogens with one attached hydrogen (secondary N) is 1. The van der Waals surface area contributed by atoms with E-state index in [4.69, 9.17) is 0 Å². The van der Waals surface area contributed by atoms with Crippen molar-refractivity contribution in [2.24, 2.45) is 5.10 Å². The molecular weight excluding hydrogens is 298 g/mol. The molecular formula is C16H15N3O2S. The van der Waals surface area contributed by atoms with Crippen LogP contribution in [0.1, 0.15) is 23.6 Å². The minimum absolute atomic E-state index is 0.0926. The van der Waals surface area contributed by atoms with E-state index in [9.17, 15) is 10.1 Å². The van der Waals surface area contributed by atoms with Crippen molar-refractivity contribution in [3.8, 4) is 0 Å². The van der Waals surface area contributed by atoms with E-state index in [1.165, 1.54) is 17.7 Å². The van der Waals surface area contributed by atoms with Gasteiger partial charge in [-0.3, -0.25) is 15.5 Å². The summed E-state index contributed by atoms with van der Waals surface area (Å²) in [4.78, 5) is 9.93. The lowest BCUT2D eigenvalue weighted by Crippen LogP contribution is -2.28. The molecule has 0 bridgehead atoms. The first-order valence-electron chi connectivity index (χ1n) is 6.84. The highest BCUT2D eigenvalue weighted by atomic mass is 32.2. The zero-order valence-corrected chi connectivity index (χ0v) is 13.1. The Labute approximate surface area is 132 Å². The highest BCUT2D eigenvalue weighted by Crippen LogP contribution is 2.40. The van der Waals surface area contributed by atoms with Crippen LogP contribution in [0.2, 0.25) is 0 Å². The van der Waals surface area contributed by atoms with E-state index in [0.29, 0.717) is 0 Å². The molecule has 0 fully saturated rings. The molecule has 0 spiro atoms. The van der Waals surface area contributed by atoms with E-state index in [1.54, 1.807) is 23.9 Å². The zero-order chi connectivity index (χ0) is 15.7. The van der Waals surface area contributed by atoms with E-state index < -0.39 is 9.79 Å². The molecule has 2 aromatic carbocycles. The van der Waals surface area contributed by atoms with E-state index in [-0.39, 0.29) is 5.69 Å². The monoisotopic (exact) mass is 313 g/mol. The van der Waals surface area contributed by atoms with Gasteiger partial charge in [-0.1, -0.05) is 41.6 Å². The third kappa shape index (κ3) is 2.69. The fourth-order valence-corrected chi connectivity index (χ4v) is 3.32. The van der Waals surface area contributed by atoms with Crippen molar-refractivity contribution in [2.75, 3.05) is 0 Å². The highest BCUT2D eigenvalue weighted by Gasteiger charge is 2.34. The van der Waals surface area contributed by atoms with Gasteiger partial charge in [0.15, 0.2) is 0 Å². The number of aryl methyl sites for hydroxylation is 1. The minimum Gasteiger partial charge on any atom is -0.288 e. The fourth-order valence-electron chi connectivity index (χ4n) is 2.24. The number of hydrogen-bond donors (Lipinski definition) is 1. The van der Waals surface area contributed by atoms with Gasteiger partial charge < -0.3 is 0 Å². The van der Waals surface area contributed by atoms with Crippen molar-refractivity contribution in [1.82, 2.24) is 5.43 Å². The Morgan fingerprint density at radius 3 is 2.36 bits per heavy atom. The lowest BCUT2D eigenvalue weighted by atomic mass is 10.1. The van der Waals surface area contributed by atoms with Gasteiger partial charge >= 0.3 is 0 Å². The van der Waals surface area contributed by atoms with Crippen LogP contribution >= 0.6 is 11.8 Å². The Balaban J connectivity index is 1.82. The average Bonchev–Trinajstić information content (AvgIpc) is 2.92. The highest BCUT2D eigenvalue weighted by molar-refractivity contribution is 8.15. The van der Waals surface area contributed by atoms with Crippen LogP contribution in [0.25, 0.3) is 0 Å². The van der Waals surface area contributed by atoms with Gasteiger partial charge in [0.25, 0.3) is 5.69 Å². The fraction of sp³-hybridized carbons (Fsp3) is 0.188. The Morgan fingerprint density at radius 1 is 1.14 bits per heavy atom. The lowest BCUT2D eigenvalue weighted by molar-refractivity contribution is -0.384. The van der Waals surface area contributed by atoms with E-state index in [1.807, 2.05) is 26.0 Å². The van der Waals surface area contributed by atoms with Crippen LogP contribution in [0, 0.1) is 17.0 Å². The number of nitro benzene ring substituents is 1. The van der Waals surface area contributed by atoms with Crippen molar-refractivity contribution < 1.29 is 4.92 Å². The molecule has 112 valence electrons. The zero-order valence-electron chi connectivity index (χ0n) is 12.2. The summed E-state index contributed by atoms with van der Waals surface area (Å²) >= 11 is 1.61. The Hall–Kier alpha value is -2.34. The molecule has 6 heteroatoms. The summed E-state index contributed by atoms with van der Waals surface area (Å²) in [5, 5.41) is 16.1. The van der Waals surface area contributed by atoms with Gasteiger partial charge in [0.05, 0.1) is 4.92 Å². The second-order valence-corrected chi connectivity index (χ2v) is 6.74. The van der Waals surface area contributed by atoms with Gasteiger partial charge in [0, 0.05) is 17.7 Å². The van der Waals surface area contributed by atoms with Crippen LogP contribution in [0.3, 0.4) is 0 Å². The molecule has 0 amide bonds. The molecule has 5 nitrogen and oxygen atoms in total. The van der Waals surface area contributed by atoms with Crippen molar-refractivity contribution >= 4 is 22.5 Å². The van der Waals surface area contributed by atoms with E-state index in [0.717, 1.165) is 16.2 Å². The summed E-state index contributed by atoms with van der Waals surface area (Å²) in [5.41, 5.74) is 6.46. The maximum Gasteiger partial charge on any atom is 0.269 e. The summed E-state index contributed by atoms with van der Waals surface area (Å²) < 4.78 is 0. The summed E-state index contributed by atoms with van der Waals surface area (Å²) in [6.45, 7) is 4.07. The van der Waals surface area contributed by atoms with Crippen LogP contribution in [-0.4, -0.2) is 9.97 Å². The molecule has 1 N–H and O–H groups in total. The Morgan fingerprint density at radius 2 is 1.77 bits per heavy atom. The number of thioether (sulfide) groups is 1. The van der Waals surface area contributed by atoms with Gasteiger partial charge in [0.1, 0.15) is 9.91 Å². The molecule has 0 unspecified atom stereocenters. The summed E-state index contributed by atoms with van der Waals surface area (Å²) in [6.07, 6.45) is 0. The average molecular weight is 313 g/mol. The molecule has 1 atom stereocenters. The second kappa shape index (κ2) is 5.46. The predicted molar refractivity (Wildman–Crippen MR) is 88.9 cm³/mol. The first kappa shape index (κ1) is 14.6. The van der Waals surface area contributed by atoms with Gasteiger partial charge in [-0.05, 0) is 31.5 Å². The van der Waals surface area contributed by atoms with Crippen LogP contribution in [0.5, 0.6) is 0 Å². The molecule has 0 aliphatic carbocycles. The first-order chi connectivity index (χ1) is 10.5. The Bertz CT molecular complexity index is 741. The molecule has 0 aromatic heterocycles. The number of benzene rings is 2.